The summed E-state index contributed by atoms with van der Waals surface area (Å²) in [4.78, 5) is 13.2. The number of nitrogens with zero attached hydrogens (tertiary/aromatic N) is 5. The zero-order valence-electron chi connectivity index (χ0n) is 13.9. The predicted octanol–water partition coefficient (Wildman–Crippen LogP) is 5.60. The summed E-state index contributed by atoms with van der Waals surface area (Å²) < 4.78 is 0. The molecule has 124 valence electrons. The maximum atomic E-state index is 9.26. The summed E-state index contributed by atoms with van der Waals surface area (Å²) in [6.07, 6.45) is 2.14. The molecule has 1 aliphatic rings. The molecule has 26 heavy (non-hydrogen) atoms. The molecule has 2 heterocycles. The third-order valence-corrected chi connectivity index (χ3v) is 5.45. The van der Waals surface area contributed by atoms with Crippen molar-refractivity contribution in [2.75, 3.05) is 18.0 Å². The zero-order valence-corrected chi connectivity index (χ0v) is 14.7. The fourth-order valence-corrected chi connectivity index (χ4v) is 4.34. The van der Waals surface area contributed by atoms with Crippen molar-refractivity contribution in [2.45, 2.75) is 12.8 Å². The lowest BCUT2D eigenvalue weighted by Gasteiger charge is -2.15. The molecule has 0 unspecified atom stereocenters. The quantitative estimate of drug-likeness (QED) is 0.531. The lowest BCUT2D eigenvalue weighted by atomic mass is 10.0. The van der Waals surface area contributed by atoms with E-state index in [1.807, 2.05) is 36.4 Å². The Balaban J connectivity index is 2.36. The van der Waals surface area contributed by atoms with E-state index < -0.39 is 0 Å². The number of anilines is 1. The van der Waals surface area contributed by atoms with Gasteiger partial charge in [0.15, 0.2) is 0 Å². The van der Waals surface area contributed by atoms with Crippen LogP contribution in [0.2, 0.25) is 0 Å². The second kappa shape index (κ2) is 7.54. The van der Waals surface area contributed by atoms with E-state index in [-0.39, 0.29) is 11.4 Å². The van der Waals surface area contributed by atoms with Crippen LogP contribution < -0.4 is 4.90 Å². The summed E-state index contributed by atoms with van der Waals surface area (Å²) in [5.41, 5.74) is 1.76. The molecule has 1 aromatic heterocycles. The third-order valence-electron chi connectivity index (χ3n) is 4.20. The molecule has 0 bridgehead atoms. The zero-order chi connectivity index (χ0) is 18.5. The molecule has 0 saturated carbocycles. The molecule has 5 nitrogen and oxygen atoms in total. The molecule has 0 amide bonds. The summed E-state index contributed by atoms with van der Waals surface area (Å²) in [6.45, 7) is 24.2. The van der Waals surface area contributed by atoms with Gasteiger partial charge in [-0.05, 0) is 24.0 Å². The summed E-state index contributed by atoms with van der Waals surface area (Å²) in [6, 6.07) is 11.2. The van der Waals surface area contributed by atoms with Crippen molar-refractivity contribution < 1.29 is 0 Å². The molecule has 2 aromatic rings. The van der Waals surface area contributed by atoms with Crippen molar-refractivity contribution in [3.8, 4) is 17.2 Å². The molecule has 0 aliphatic carbocycles. The molecule has 3 rings (SSSR count). The van der Waals surface area contributed by atoms with Gasteiger partial charge in [-0.1, -0.05) is 30.3 Å². The Morgan fingerprint density at radius 3 is 2.31 bits per heavy atom. The van der Waals surface area contributed by atoms with Crippen LogP contribution in [0.5, 0.6) is 0 Å². The normalized spacial score (nSPS) is 13.9. The second-order valence-corrected chi connectivity index (χ2v) is 6.66. The predicted molar refractivity (Wildman–Crippen MR) is 103 cm³/mol. The summed E-state index contributed by atoms with van der Waals surface area (Å²) in [5, 5.41) is 10.1. The first kappa shape index (κ1) is 17.2. The van der Waals surface area contributed by atoms with Crippen LogP contribution >= 0.6 is 11.3 Å². The van der Waals surface area contributed by atoms with Crippen molar-refractivity contribution in [3.63, 3.8) is 0 Å². The van der Waals surface area contributed by atoms with Gasteiger partial charge >= 0.3 is 0 Å². The van der Waals surface area contributed by atoms with E-state index in [2.05, 4.69) is 19.4 Å². The topological polar surface area (TPSA) is 40.1 Å². The van der Waals surface area contributed by atoms with Gasteiger partial charge in [0.05, 0.1) is 30.8 Å². The van der Waals surface area contributed by atoms with Gasteiger partial charge in [-0.25, -0.2) is 19.8 Å². The Morgan fingerprint density at radius 2 is 1.77 bits per heavy atom. The molecule has 0 N–H and O–H groups in total. The molecule has 1 saturated heterocycles. The van der Waals surface area contributed by atoms with E-state index in [1.54, 1.807) is 0 Å². The first-order valence-electron chi connectivity index (χ1n) is 7.99. The van der Waals surface area contributed by atoms with Crippen LogP contribution in [0.25, 0.3) is 31.4 Å². The average molecular weight is 355 g/mol. The van der Waals surface area contributed by atoms with Gasteiger partial charge in [0, 0.05) is 18.0 Å². The van der Waals surface area contributed by atoms with Crippen molar-refractivity contribution in [1.82, 2.24) is 0 Å². The molecular weight excluding hydrogens is 342 g/mol. The van der Waals surface area contributed by atoms with Crippen molar-refractivity contribution >= 4 is 27.7 Å². The Labute approximate surface area is 156 Å². The molecule has 6 heteroatoms. The molecule has 0 radical (unpaired) electrons. The summed E-state index contributed by atoms with van der Waals surface area (Å²) in [5.74, 6) is 0. The van der Waals surface area contributed by atoms with E-state index in [1.165, 1.54) is 11.3 Å². The third kappa shape index (κ3) is 2.91. The van der Waals surface area contributed by atoms with Gasteiger partial charge in [0.1, 0.15) is 0 Å². The van der Waals surface area contributed by atoms with E-state index >= 15 is 0 Å². The van der Waals surface area contributed by atoms with Gasteiger partial charge in [-0.15, -0.1) is 11.3 Å². The van der Waals surface area contributed by atoms with Crippen LogP contribution in [-0.2, 0) is 0 Å². The van der Waals surface area contributed by atoms with Gasteiger partial charge in [-0.3, -0.25) is 0 Å². The highest BCUT2D eigenvalue weighted by molar-refractivity contribution is 7.18. The number of benzene rings is 1. The minimum atomic E-state index is -0.233. The maximum Gasteiger partial charge on any atom is 0.270 e. The number of nitriles is 1. The molecular formula is C20H13N5S. The monoisotopic (exact) mass is 355 g/mol. The van der Waals surface area contributed by atoms with Gasteiger partial charge in [-0.2, -0.15) is 0 Å². The summed E-state index contributed by atoms with van der Waals surface area (Å²) in [7, 11) is 0. The highest BCUT2D eigenvalue weighted by atomic mass is 32.1. The van der Waals surface area contributed by atoms with Crippen LogP contribution in [0.15, 0.2) is 36.0 Å². The van der Waals surface area contributed by atoms with Crippen molar-refractivity contribution in [3.05, 3.63) is 75.2 Å². The first-order chi connectivity index (χ1) is 12.7. The van der Waals surface area contributed by atoms with Crippen LogP contribution in [0.3, 0.4) is 0 Å². The smallest absolute Gasteiger partial charge is 0.270 e. The Hall–Kier alpha value is -3.58. The molecule has 0 atom stereocenters. The van der Waals surface area contributed by atoms with Gasteiger partial charge < -0.3 is 4.90 Å². The van der Waals surface area contributed by atoms with Crippen LogP contribution in [0, 0.1) is 31.0 Å². The lowest BCUT2D eigenvalue weighted by molar-refractivity contribution is 0.949. The van der Waals surface area contributed by atoms with E-state index in [9.17, 15) is 5.26 Å². The van der Waals surface area contributed by atoms with E-state index in [0.717, 1.165) is 36.5 Å². The highest BCUT2D eigenvalue weighted by Gasteiger charge is 2.28. The molecule has 1 aromatic carbocycles. The van der Waals surface area contributed by atoms with Crippen LogP contribution in [-0.4, -0.2) is 13.1 Å². The highest BCUT2D eigenvalue weighted by Crippen LogP contribution is 2.52. The number of hydrogen-bond donors (Lipinski definition) is 0. The Morgan fingerprint density at radius 1 is 1.08 bits per heavy atom. The summed E-state index contributed by atoms with van der Waals surface area (Å²) >= 11 is 1.34. The van der Waals surface area contributed by atoms with Gasteiger partial charge in [0.2, 0.25) is 11.4 Å². The minimum Gasteiger partial charge on any atom is -0.372 e. The van der Waals surface area contributed by atoms with Crippen LogP contribution in [0.4, 0.5) is 10.7 Å². The lowest BCUT2D eigenvalue weighted by Crippen LogP contribution is -2.16. The Kier molecular flexibility index (Phi) is 5.00. The number of rotatable bonds is 3. The Bertz CT molecular complexity index is 1010. The standard InChI is InChI=1S/C20H13N5S/c1-22-15(13-21)17(23-2)19-16(14-9-5-4-6-10-14)18(24-3)20(26-19)25-11-7-8-12-25/h4-6,9-10H,7-8,11-12H2/b17-15+. The molecule has 0 spiro atoms. The minimum absolute atomic E-state index is 0.0294. The van der Waals surface area contributed by atoms with Crippen molar-refractivity contribution in [2.24, 2.45) is 0 Å². The van der Waals surface area contributed by atoms with Gasteiger partial charge in [0.25, 0.3) is 5.70 Å². The average Bonchev–Trinajstić information content (AvgIpc) is 3.33. The second-order valence-electron chi connectivity index (χ2n) is 5.66. The molecule has 1 fully saturated rings. The van der Waals surface area contributed by atoms with E-state index in [0.29, 0.717) is 16.1 Å². The fourth-order valence-electron chi connectivity index (χ4n) is 3.03. The largest absolute Gasteiger partial charge is 0.372 e. The fraction of sp³-hybridized carbons (Fsp3) is 0.200. The SMILES string of the molecule is [C-]#[N+]/C(C#N)=C(/[N+]#[C-])c1sc(N2CCCC2)c([N+]#[C-])c1-c1ccccc1. The first-order valence-corrected chi connectivity index (χ1v) is 8.81. The van der Waals surface area contributed by atoms with Crippen molar-refractivity contribution in [1.29, 1.82) is 5.26 Å². The number of thiophene rings is 1. The van der Waals surface area contributed by atoms with E-state index in [4.69, 9.17) is 19.7 Å². The van der Waals surface area contributed by atoms with Crippen LogP contribution in [0.1, 0.15) is 17.7 Å². The number of hydrogen-bond acceptors (Lipinski definition) is 3. The maximum absolute atomic E-state index is 9.26. The number of allylic oxidation sites excluding steroid dienone is 1. The molecule has 1 aliphatic heterocycles.